The minimum absolute atomic E-state index is 0.109. The molecule has 1 aliphatic rings. The van der Waals surface area contributed by atoms with Crippen molar-refractivity contribution in [3.05, 3.63) is 0 Å². The standard InChI is InChI=1S/C7H11NO2/c1-8-7(9)10-6-4-2-3-5-6/h6H,1-5H2. The van der Waals surface area contributed by atoms with Gasteiger partial charge in [0.15, 0.2) is 0 Å². The molecular weight excluding hydrogens is 130 g/mol. The van der Waals surface area contributed by atoms with E-state index in [0.717, 1.165) is 25.7 Å². The van der Waals surface area contributed by atoms with E-state index in [4.69, 9.17) is 4.74 Å². The Balaban J connectivity index is 2.23. The first-order chi connectivity index (χ1) is 4.83. The van der Waals surface area contributed by atoms with Gasteiger partial charge in [-0.15, -0.1) is 0 Å². The number of nitrogens with zero attached hydrogens (tertiary/aromatic N) is 1. The molecule has 3 nitrogen and oxygen atoms in total. The Morgan fingerprint density at radius 2 is 2.10 bits per heavy atom. The lowest BCUT2D eigenvalue weighted by Crippen LogP contribution is -2.10. The fraction of sp³-hybridized carbons (Fsp3) is 0.714. The fourth-order valence-corrected chi connectivity index (χ4v) is 1.19. The fourth-order valence-electron chi connectivity index (χ4n) is 1.19. The lowest BCUT2D eigenvalue weighted by molar-refractivity contribution is 0.111. The molecule has 0 aromatic rings. The lowest BCUT2D eigenvalue weighted by atomic mass is 10.3. The largest absolute Gasteiger partial charge is 0.445 e. The smallest absolute Gasteiger partial charge is 0.433 e. The molecular formula is C7H11NO2. The SMILES string of the molecule is C=NC(=O)OC1CCCC1. The first-order valence-corrected chi connectivity index (χ1v) is 3.50. The second kappa shape index (κ2) is 3.34. The molecule has 1 amide bonds. The van der Waals surface area contributed by atoms with Crippen LogP contribution >= 0.6 is 0 Å². The number of rotatable bonds is 1. The van der Waals surface area contributed by atoms with Crippen LogP contribution in [0.1, 0.15) is 25.7 Å². The van der Waals surface area contributed by atoms with Crippen molar-refractivity contribution in [1.82, 2.24) is 0 Å². The molecule has 1 fully saturated rings. The number of carbonyl (C=O) groups excluding carboxylic acids is 1. The zero-order valence-electron chi connectivity index (χ0n) is 5.88. The Bertz CT molecular complexity index is 139. The van der Waals surface area contributed by atoms with Gasteiger partial charge in [-0.05, 0) is 32.4 Å². The second-order valence-corrected chi connectivity index (χ2v) is 2.45. The van der Waals surface area contributed by atoms with Crippen molar-refractivity contribution in [2.24, 2.45) is 4.99 Å². The molecule has 0 aliphatic heterocycles. The van der Waals surface area contributed by atoms with Crippen LogP contribution in [0.4, 0.5) is 4.79 Å². The van der Waals surface area contributed by atoms with Crippen LogP contribution in [0.25, 0.3) is 0 Å². The quantitative estimate of drug-likeness (QED) is 0.522. The maximum absolute atomic E-state index is 10.5. The number of carbonyl (C=O) groups is 1. The van der Waals surface area contributed by atoms with Crippen molar-refractivity contribution in [2.75, 3.05) is 0 Å². The van der Waals surface area contributed by atoms with E-state index in [0.29, 0.717) is 0 Å². The zero-order valence-corrected chi connectivity index (χ0v) is 5.88. The summed E-state index contributed by atoms with van der Waals surface area (Å²) in [5.74, 6) is 0. The van der Waals surface area contributed by atoms with Gasteiger partial charge in [0.2, 0.25) is 0 Å². The highest BCUT2D eigenvalue weighted by Gasteiger charge is 2.17. The maximum atomic E-state index is 10.5. The minimum atomic E-state index is -0.535. The Morgan fingerprint density at radius 3 is 2.60 bits per heavy atom. The summed E-state index contributed by atoms with van der Waals surface area (Å²) in [4.78, 5) is 13.7. The number of aliphatic imine (C=N–C) groups is 1. The van der Waals surface area contributed by atoms with E-state index >= 15 is 0 Å². The normalized spacial score (nSPS) is 18.8. The molecule has 0 atom stereocenters. The summed E-state index contributed by atoms with van der Waals surface area (Å²) in [7, 11) is 0. The molecule has 0 N–H and O–H groups in total. The summed E-state index contributed by atoms with van der Waals surface area (Å²) in [5, 5.41) is 0. The van der Waals surface area contributed by atoms with Gasteiger partial charge >= 0.3 is 6.09 Å². The molecule has 0 heterocycles. The van der Waals surface area contributed by atoms with Crippen molar-refractivity contribution >= 4 is 12.8 Å². The number of amides is 1. The summed E-state index contributed by atoms with van der Waals surface area (Å²) < 4.78 is 4.89. The molecule has 0 bridgehead atoms. The number of hydrogen-bond acceptors (Lipinski definition) is 2. The van der Waals surface area contributed by atoms with Gasteiger partial charge in [0.25, 0.3) is 0 Å². The number of hydrogen-bond donors (Lipinski definition) is 0. The predicted molar refractivity (Wildman–Crippen MR) is 38.3 cm³/mol. The van der Waals surface area contributed by atoms with Crippen LogP contribution in [0, 0.1) is 0 Å². The third kappa shape index (κ3) is 1.83. The Kier molecular flexibility index (Phi) is 2.42. The summed E-state index contributed by atoms with van der Waals surface area (Å²) >= 11 is 0. The predicted octanol–water partition coefficient (Wildman–Crippen LogP) is 1.77. The van der Waals surface area contributed by atoms with Crippen molar-refractivity contribution in [2.45, 2.75) is 31.8 Å². The third-order valence-corrected chi connectivity index (χ3v) is 1.70. The molecule has 0 radical (unpaired) electrons. The molecule has 10 heavy (non-hydrogen) atoms. The summed E-state index contributed by atoms with van der Waals surface area (Å²) in [6, 6.07) is 0. The van der Waals surface area contributed by atoms with E-state index in [9.17, 15) is 4.79 Å². The van der Waals surface area contributed by atoms with Gasteiger partial charge in [-0.1, -0.05) is 0 Å². The van der Waals surface area contributed by atoms with Crippen molar-refractivity contribution in [3.63, 3.8) is 0 Å². The van der Waals surface area contributed by atoms with Crippen LogP contribution in [0.15, 0.2) is 4.99 Å². The Hall–Kier alpha value is -0.860. The van der Waals surface area contributed by atoms with E-state index in [2.05, 4.69) is 11.7 Å². The van der Waals surface area contributed by atoms with Crippen LogP contribution < -0.4 is 0 Å². The molecule has 0 aromatic heterocycles. The molecule has 1 saturated carbocycles. The van der Waals surface area contributed by atoms with E-state index in [1.54, 1.807) is 0 Å². The summed E-state index contributed by atoms with van der Waals surface area (Å²) in [5.41, 5.74) is 0. The van der Waals surface area contributed by atoms with Crippen LogP contribution in [-0.2, 0) is 4.74 Å². The van der Waals surface area contributed by atoms with Gasteiger partial charge in [-0.25, -0.2) is 4.79 Å². The van der Waals surface area contributed by atoms with E-state index in [-0.39, 0.29) is 6.10 Å². The molecule has 0 aromatic carbocycles. The molecule has 1 aliphatic carbocycles. The van der Waals surface area contributed by atoms with Crippen LogP contribution in [0.2, 0.25) is 0 Å². The topological polar surface area (TPSA) is 38.7 Å². The first-order valence-electron chi connectivity index (χ1n) is 3.50. The average Bonchev–Trinajstić information content (AvgIpc) is 2.40. The monoisotopic (exact) mass is 141 g/mol. The van der Waals surface area contributed by atoms with Gasteiger partial charge in [0, 0.05) is 0 Å². The van der Waals surface area contributed by atoms with Crippen molar-refractivity contribution in [3.8, 4) is 0 Å². The summed E-state index contributed by atoms with van der Waals surface area (Å²) in [6.45, 7) is 3.08. The molecule has 0 unspecified atom stereocenters. The Morgan fingerprint density at radius 1 is 1.50 bits per heavy atom. The third-order valence-electron chi connectivity index (χ3n) is 1.70. The second-order valence-electron chi connectivity index (χ2n) is 2.45. The van der Waals surface area contributed by atoms with E-state index in [1.165, 1.54) is 0 Å². The molecule has 1 rings (SSSR count). The lowest BCUT2D eigenvalue weighted by Gasteiger charge is -2.06. The Labute approximate surface area is 60.1 Å². The summed E-state index contributed by atoms with van der Waals surface area (Å²) in [6.07, 6.45) is 3.87. The zero-order chi connectivity index (χ0) is 7.40. The van der Waals surface area contributed by atoms with E-state index in [1.807, 2.05) is 0 Å². The minimum Gasteiger partial charge on any atom is -0.445 e. The highest BCUT2D eigenvalue weighted by molar-refractivity contribution is 5.73. The first kappa shape index (κ1) is 7.25. The maximum Gasteiger partial charge on any atom is 0.433 e. The van der Waals surface area contributed by atoms with Crippen LogP contribution in [-0.4, -0.2) is 18.9 Å². The highest BCUT2D eigenvalue weighted by Crippen LogP contribution is 2.20. The van der Waals surface area contributed by atoms with Crippen molar-refractivity contribution < 1.29 is 9.53 Å². The molecule has 3 heteroatoms. The molecule has 0 saturated heterocycles. The van der Waals surface area contributed by atoms with Crippen LogP contribution in [0.3, 0.4) is 0 Å². The van der Waals surface area contributed by atoms with Crippen LogP contribution in [0.5, 0.6) is 0 Å². The van der Waals surface area contributed by atoms with E-state index < -0.39 is 6.09 Å². The highest BCUT2D eigenvalue weighted by atomic mass is 16.6. The molecule has 56 valence electrons. The van der Waals surface area contributed by atoms with Gasteiger partial charge in [0.05, 0.1) is 0 Å². The van der Waals surface area contributed by atoms with Crippen molar-refractivity contribution in [1.29, 1.82) is 0 Å². The van der Waals surface area contributed by atoms with Gasteiger partial charge < -0.3 is 4.74 Å². The van der Waals surface area contributed by atoms with Gasteiger partial charge in [-0.2, -0.15) is 4.99 Å². The average molecular weight is 141 g/mol. The van der Waals surface area contributed by atoms with Gasteiger partial charge in [-0.3, -0.25) is 0 Å². The molecule has 0 spiro atoms. The van der Waals surface area contributed by atoms with Gasteiger partial charge in [0.1, 0.15) is 6.10 Å². The number of ether oxygens (including phenoxy) is 1.